The van der Waals surface area contributed by atoms with E-state index in [1.54, 1.807) is 7.11 Å². The summed E-state index contributed by atoms with van der Waals surface area (Å²) in [7, 11) is 1.66. The molecule has 0 aliphatic carbocycles. The number of rotatable bonds is 6. The Morgan fingerprint density at radius 3 is 2.90 bits per heavy atom. The Morgan fingerprint density at radius 2 is 2.10 bits per heavy atom. The van der Waals surface area contributed by atoms with Gasteiger partial charge >= 0.3 is 0 Å². The molecule has 0 unspecified atom stereocenters. The summed E-state index contributed by atoms with van der Waals surface area (Å²) in [5, 5.41) is 3.93. The Balaban J connectivity index is 1.66. The number of aromatic nitrogens is 4. The zero-order valence-electron chi connectivity index (χ0n) is 12.2. The number of hydrogen-bond donors (Lipinski definition) is 1. The summed E-state index contributed by atoms with van der Waals surface area (Å²) in [6, 6.07) is 6.13. The molecule has 0 bridgehead atoms. The molecule has 110 valence electrons. The molecular formula is C15H18N4O2. The lowest BCUT2D eigenvalue weighted by Gasteiger charge is -1.92. The highest BCUT2D eigenvalue weighted by Gasteiger charge is 2.09. The Kier molecular flexibility index (Phi) is 3.96. The maximum absolute atomic E-state index is 5.22. The normalized spacial score (nSPS) is 11.3. The fraction of sp³-hybridized carbons (Fsp3) is 0.400. The van der Waals surface area contributed by atoms with Crippen molar-refractivity contribution in [1.29, 1.82) is 0 Å². The number of para-hydroxylation sites is 1. The monoisotopic (exact) mass is 286 g/mol. The van der Waals surface area contributed by atoms with E-state index in [9.17, 15) is 0 Å². The molecule has 0 spiro atoms. The first-order valence-electron chi connectivity index (χ1n) is 7.01. The van der Waals surface area contributed by atoms with Gasteiger partial charge in [0.25, 0.3) is 0 Å². The zero-order valence-corrected chi connectivity index (χ0v) is 12.2. The number of benzene rings is 1. The van der Waals surface area contributed by atoms with Crippen LogP contribution < -0.4 is 0 Å². The lowest BCUT2D eigenvalue weighted by atomic mass is 10.2. The number of aryl methyl sites for hydroxylation is 3. The molecule has 0 amide bonds. The van der Waals surface area contributed by atoms with E-state index < -0.39 is 0 Å². The second kappa shape index (κ2) is 6.05. The molecule has 0 aliphatic heterocycles. The maximum atomic E-state index is 5.22. The lowest BCUT2D eigenvalue weighted by molar-refractivity contribution is 0.199. The minimum atomic E-state index is 0.599. The fourth-order valence-corrected chi connectivity index (χ4v) is 2.26. The van der Waals surface area contributed by atoms with E-state index in [2.05, 4.69) is 33.1 Å². The quantitative estimate of drug-likeness (QED) is 0.752. The molecule has 0 saturated carbocycles. The lowest BCUT2D eigenvalue weighted by Crippen LogP contribution is -1.97. The van der Waals surface area contributed by atoms with E-state index in [-0.39, 0.29) is 0 Å². The van der Waals surface area contributed by atoms with Gasteiger partial charge in [-0.15, -0.1) is 0 Å². The summed E-state index contributed by atoms with van der Waals surface area (Å²) in [6.07, 6.45) is 2.10. The summed E-state index contributed by atoms with van der Waals surface area (Å²) in [6.45, 7) is 2.66. The summed E-state index contributed by atoms with van der Waals surface area (Å²) >= 11 is 0. The van der Waals surface area contributed by atoms with Crippen LogP contribution in [0.25, 0.3) is 11.0 Å². The Bertz CT molecular complexity index is 732. The van der Waals surface area contributed by atoms with Gasteiger partial charge in [0, 0.05) is 26.4 Å². The molecule has 0 fully saturated rings. The largest absolute Gasteiger partial charge is 0.384 e. The number of ether oxygens (including phenoxy) is 1. The number of imidazole rings is 1. The van der Waals surface area contributed by atoms with Gasteiger partial charge in [0.2, 0.25) is 5.89 Å². The highest BCUT2D eigenvalue weighted by Crippen LogP contribution is 2.16. The maximum Gasteiger partial charge on any atom is 0.227 e. The molecule has 0 atom stereocenters. The SMILES string of the molecule is COCCc1noc(CCc2nc3c(C)cccc3[nH]2)n1. The summed E-state index contributed by atoms with van der Waals surface area (Å²) in [5.74, 6) is 2.27. The second-order valence-electron chi connectivity index (χ2n) is 5.00. The third kappa shape index (κ3) is 3.11. The van der Waals surface area contributed by atoms with Crippen LogP contribution in [0.5, 0.6) is 0 Å². The third-order valence-electron chi connectivity index (χ3n) is 3.38. The van der Waals surface area contributed by atoms with Crippen molar-refractivity contribution < 1.29 is 9.26 Å². The van der Waals surface area contributed by atoms with Crippen molar-refractivity contribution in [2.75, 3.05) is 13.7 Å². The molecule has 0 aliphatic rings. The molecular weight excluding hydrogens is 268 g/mol. The second-order valence-corrected chi connectivity index (χ2v) is 5.00. The number of H-pyrrole nitrogens is 1. The van der Waals surface area contributed by atoms with Crippen LogP contribution in [0, 0.1) is 6.92 Å². The number of methoxy groups -OCH3 is 1. The van der Waals surface area contributed by atoms with E-state index in [0.717, 1.165) is 23.3 Å². The van der Waals surface area contributed by atoms with Crippen LogP contribution in [-0.2, 0) is 24.0 Å². The molecule has 6 nitrogen and oxygen atoms in total. The molecule has 0 radical (unpaired) electrons. The van der Waals surface area contributed by atoms with Gasteiger partial charge in [-0.05, 0) is 18.6 Å². The third-order valence-corrected chi connectivity index (χ3v) is 3.38. The van der Waals surface area contributed by atoms with Crippen molar-refractivity contribution in [2.45, 2.75) is 26.2 Å². The molecule has 21 heavy (non-hydrogen) atoms. The predicted molar refractivity (Wildman–Crippen MR) is 78.1 cm³/mol. The van der Waals surface area contributed by atoms with Crippen LogP contribution in [0.4, 0.5) is 0 Å². The molecule has 2 heterocycles. The molecule has 0 saturated heterocycles. The molecule has 1 N–H and O–H groups in total. The van der Waals surface area contributed by atoms with Gasteiger partial charge in [-0.1, -0.05) is 17.3 Å². The molecule has 2 aromatic heterocycles. The minimum absolute atomic E-state index is 0.599. The summed E-state index contributed by atoms with van der Waals surface area (Å²) in [4.78, 5) is 12.3. The smallest absolute Gasteiger partial charge is 0.227 e. The average molecular weight is 286 g/mol. The van der Waals surface area contributed by atoms with Crippen LogP contribution in [0.2, 0.25) is 0 Å². The van der Waals surface area contributed by atoms with Crippen molar-refractivity contribution in [3.8, 4) is 0 Å². The van der Waals surface area contributed by atoms with Crippen molar-refractivity contribution in [3.63, 3.8) is 0 Å². The first-order valence-corrected chi connectivity index (χ1v) is 7.01. The van der Waals surface area contributed by atoms with Crippen molar-refractivity contribution >= 4 is 11.0 Å². The number of aromatic amines is 1. The van der Waals surface area contributed by atoms with Crippen molar-refractivity contribution in [1.82, 2.24) is 20.1 Å². The van der Waals surface area contributed by atoms with E-state index in [1.165, 1.54) is 5.56 Å². The van der Waals surface area contributed by atoms with Crippen molar-refractivity contribution in [3.05, 3.63) is 41.3 Å². The fourth-order valence-electron chi connectivity index (χ4n) is 2.26. The van der Waals surface area contributed by atoms with Crippen molar-refractivity contribution in [2.24, 2.45) is 0 Å². The highest BCUT2D eigenvalue weighted by atomic mass is 16.5. The summed E-state index contributed by atoms with van der Waals surface area (Å²) < 4.78 is 10.2. The standard InChI is InChI=1S/C15H18N4O2/c1-10-4-3-5-11-15(10)18-12(16-11)6-7-14-17-13(19-21-14)8-9-20-2/h3-5H,6-9H2,1-2H3,(H,16,18). The van der Waals surface area contributed by atoms with Crippen LogP contribution in [-0.4, -0.2) is 33.8 Å². The molecule has 6 heteroatoms. The van der Waals surface area contributed by atoms with E-state index >= 15 is 0 Å². The van der Waals surface area contributed by atoms with Crippen LogP contribution in [0.15, 0.2) is 22.7 Å². The van der Waals surface area contributed by atoms with Gasteiger partial charge in [-0.3, -0.25) is 0 Å². The average Bonchev–Trinajstić information content (AvgIpc) is 3.10. The number of nitrogens with zero attached hydrogens (tertiary/aromatic N) is 3. The summed E-state index contributed by atoms with van der Waals surface area (Å²) in [5.41, 5.74) is 3.27. The van der Waals surface area contributed by atoms with Gasteiger partial charge in [-0.25, -0.2) is 4.98 Å². The molecule has 1 aromatic carbocycles. The van der Waals surface area contributed by atoms with E-state index in [4.69, 9.17) is 9.26 Å². The van der Waals surface area contributed by atoms with Crippen LogP contribution in [0.1, 0.15) is 23.1 Å². The van der Waals surface area contributed by atoms with Crippen LogP contribution in [0.3, 0.4) is 0 Å². The molecule has 3 rings (SSSR count). The van der Waals surface area contributed by atoms with Gasteiger partial charge in [-0.2, -0.15) is 4.98 Å². The first kappa shape index (κ1) is 13.8. The van der Waals surface area contributed by atoms with Gasteiger partial charge in [0.1, 0.15) is 5.82 Å². The van der Waals surface area contributed by atoms with Gasteiger partial charge in [0.05, 0.1) is 17.6 Å². The van der Waals surface area contributed by atoms with Gasteiger partial charge < -0.3 is 14.2 Å². The Labute approximate surface area is 122 Å². The Morgan fingerprint density at radius 1 is 1.19 bits per heavy atom. The number of hydrogen-bond acceptors (Lipinski definition) is 5. The van der Waals surface area contributed by atoms with E-state index in [0.29, 0.717) is 31.2 Å². The predicted octanol–water partition coefficient (Wildman–Crippen LogP) is 2.23. The first-order chi connectivity index (χ1) is 10.3. The van der Waals surface area contributed by atoms with Crippen LogP contribution >= 0.6 is 0 Å². The number of nitrogens with one attached hydrogen (secondary N) is 1. The Hall–Kier alpha value is -2.21. The minimum Gasteiger partial charge on any atom is -0.384 e. The highest BCUT2D eigenvalue weighted by molar-refractivity contribution is 5.78. The zero-order chi connectivity index (χ0) is 14.7. The van der Waals surface area contributed by atoms with Gasteiger partial charge in [0.15, 0.2) is 5.82 Å². The topological polar surface area (TPSA) is 76.8 Å². The molecule has 3 aromatic rings. The van der Waals surface area contributed by atoms with E-state index in [1.807, 2.05) is 12.1 Å². The number of fused-ring (bicyclic) bond motifs is 1.